The maximum Gasteiger partial charge on any atom is 0.163 e. The van der Waals surface area contributed by atoms with E-state index in [0.717, 1.165) is 12.1 Å². The van der Waals surface area contributed by atoms with Crippen LogP contribution in [0.25, 0.3) is 0 Å². The predicted molar refractivity (Wildman–Crippen MR) is 83.9 cm³/mol. The largest absolute Gasteiger partial charge is 0.491 e. The van der Waals surface area contributed by atoms with Crippen molar-refractivity contribution in [2.45, 2.75) is 31.6 Å². The summed E-state index contributed by atoms with van der Waals surface area (Å²) in [6, 6.07) is 7.25. The molecule has 1 aromatic carbocycles. The molecule has 0 saturated carbocycles. The molecule has 0 bridgehead atoms. The van der Waals surface area contributed by atoms with Crippen LogP contribution in [-0.2, 0) is 6.54 Å². The molecule has 2 rings (SSSR count). The summed E-state index contributed by atoms with van der Waals surface area (Å²) < 4.78 is 7.42. The third-order valence-corrected chi connectivity index (χ3v) is 4.20. The lowest BCUT2D eigenvalue weighted by Crippen LogP contribution is -2.10. The number of halogens is 1. The number of carbonyl (C=O) groups excluding carboxylic acids is 1. The summed E-state index contributed by atoms with van der Waals surface area (Å²) in [6.07, 6.45) is 2.87. The Morgan fingerprint density at radius 1 is 1.43 bits per heavy atom. The number of ketones is 1. The summed E-state index contributed by atoms with van der Waals surface area (Å²) in [5.41, 5.74) is 1.52. The van der Waals surface area contributed by atoms with Crippen LogP contribution in [0.2, 0.25) is 0 Å². The number of hydrogen-bond acceptors (Lipinski definition) is 4. The molecule has 0 aliphatic rings. The Bertz CT molecular complexity index is 612. The summed E-state index contributed by atoms with van der Waals surface area (Å²) in [5, 5.41) is 8.18. The number of nitrogens with zero attached hydrogens (tertiary/aromatic N) is 3. The van der Waals surface area contributed by atoms with Crippen LogP contribution in [0, 0.1) is 0 Å². The Balaban J connectivity index is 1.93. The zero-order chi connectivity index (χ0) is 15.2. The molecule has 6 heteroatoms. The van der Waals surface area contributed by atoms with E-state index in [1.54, 1.807) is 16.8 Å². The van der Waals surface area contributed by atoms with Gasteiger partial charge in [-0.15, -0.1) is 5.10 Å². The number of hydrogen-bond donors (Lipinski definition) is 0. The Morgan fingerprint density at radius 2 is 2.19 bits per heavy atom. The second kappa shape index (κ2) is 7.36. The fraction of sp³-hybridized carbons (Fsp3) is 0.400. The summed E-state index contributed by atoms with van der Waals surface area (Å²) >= 11 is 3.54. The molecule has 1 unspecified atom stereocenters. The third kappa shape index (κ3) is 4.14. The summed E-state index contributed by atoms with van der Waals surface area (Å²) in [7, 11) is 0. The fourth-order valence-corrected chi connectivity index (χ4v) is 2.12. The van der Waals surface area contributed by atoms with Crippen LogP contribution in [0.3, 0.4) is 0 Å². The van der Waals surface area contributed by atoms with E-state index in [1.165, 1.54) is 6.92 Å². The van der Waals surface area contributed by atoms with E-state index in [4.69, 9.17) is 4.74 Å². The van der Waals surface area contributed by atoms with E-state index in [-0.39, 0.29) is 10.6 Å². The highest BCUT2D eigenvalue weighted by Crippen LogP contribution is 2.23. The van der Waals surface area contributed by atoms with Gasteiger partial charge in [0.2, 0.25) is 0 Å². The standard InChI is InChI=1S/C15H18BrN3O2/c1-3-13(16)14-10-19(18-17-14)8-9-21-15-7-5-4-6-12(15)11(2)20/h4-7,10,13H,3,8-9H2,1-2H3. The van der Waals surface area contributed by atoms with Crippen LogP contribution in [0.1, 0.15) is 41.1 Å². The van der Waals surface area contributed by atoms with E-state index in [9.17, 15) is 4.79 Å². The van der Waals surface area contributed by atoms with E-state index < -0.39 is 0 Å². The zero-order valence-corrected chi connectivity index (χ0v) is 13.7. The summed E-state index contributed by atoms with van der Waals surface area (Å²) in [5.74, 6) is 0.607. The van der Waals surface area contributed by atoms with Crippen molar-refractivity contribution >= 4 is 21.7 Å². The van der Waals surface area contributed by atoms with Crippen LogP contribution in [-0.4, -0.2) is 27.4 Å². The van der Waals surface area contributed by atoms with Gasteiger partial charge in [0.1, 0.15) is 12.4 Å². The van der Waals surface area contributed by atoms with Gasteiger partial charge in [-0.2, -0.15) is 0 Å². The van der Waals surface area contributed by atoms with Crippen molar-refractivity contribution in [1.82, 2.24) is 15.0 Å². The average molecular weight is 352 g/mol. The fourth-order valence-electron chi connectivity index (χ4n) is 1.91. The molecule has 1 atom stereocenters. The maximum absolute atomic E-state index is 11.5. The molecule has 0 spiro atoms. The van der Waals surface area contributed by atoms with Gasteiger partial charge in [-0.05, 0) is 25.5 Å². The predicted octanol–water partition coefficient (Wildman–Crippen LogP) is 3.41. The van der Waals surface area contributed by atoms with Crippen molar-refractivity contribution in [3.63, 3.8) is 0 Å². The highest BCUT2D eigenvalue weighted by molar-refractivity contribution is 9.09. The first-order chi connectivity index (χ1) is 10.1. The molecule has 1 heterocycles. The number of rotatable bonds is 7. The van der Waals surface area contributed by atoms with Gasteiger partial charge in [0, 0.05) is 6.20 Å². The topological polar surface area (TPSA) is 57.0 Å². The smallest absolute Gasteiger partial charge is 0.163 e. The molecule has 0 fully saturated rings. The monoisotopic (exact) mass is 351 g/mol. The van der Waals surface area contributed by atoms with Crippen molar-refractivity contribution in [2.24, 2.45) is 0 Å². The van der Waals surface area contributed by atoms with Gasteiger partial charge in [0.05, 0.1) is 22.6 Å². The molecule has 0 N–H and O–H groups in total. The molecule has 0 radical (unpaired) electrons. The van der Waals surface area contributed by atoms with Gasteiger partial charge in [0.15, 0.2) is 5.78 Å². The first-order valence-corrected chi connectivity index (χ1v) is 7.80. The van der Waals surface area contributed by atoms with E-state index in [2.05, 4.69) is 33.2 Å². The van der Waals surface area contributed by atoms with Gasteiger partial charge < -0.3 is 4.74 Å². The van der Waals surface area contributed by atoms with E-state index in [0.29, 0.717) is 24.5 Å². The first kappa shape index (κ1) is 15.7. The Kier molecular flexibility index (Phi) is 5.50. The lowest BCUT2D eigenvalue weighted by atomic mass is 10.1. The van der Waals surface area contributed by atoms with Crippen molar-refractivity contribution in [2.75, 3.05) is 6.61 Å². The molecule has 1 aromatic heterocycles. The van der Waals surface area contributed by atoms with Crippen LogP contribution < -0.4 is 4.74 Å². The molecule has 0 saturated heterocycles. The number of carbonyl (C=O) groups is 1. The van der Waals surface area contributed by atoms with Gasteiger partial charge in [-0.3, -0.25) is 4.79 Å². The molecular formula is C15H18BrN3O2. The van der Waals surface area contributed by atoms with Gasteiger partial charge in [-0.1, -0.05) is 40.2 Å². The highest BCUT2D eigenvalue weighted by Gasteiger charge is 2.10. The minimum atomic E-state index is -0.00119. The quantitative estimate of drug-likeness (QED) is 0.566. The number of alkyl halides is 1. The number of para-hydroxylation sites is 1. The van der Waals surface area contributed by atoms with Crippen molar-refractivity contribution in [3.05, 3.63) is 41.7 Å². The number of Topliss-reactive ketones (excluding diaryl/α,β-unsaturated/α-hetero) is 1. The average Bonchev–Trinajstić information content (AvgIpc) is 2.95. The van der Waals surface area contributed by atoms with Gasteiger partial charge >= 0.3 is 0 Å². The van der Waals surface area contributed by atoms with Crippen LogP contribution in [0.4, 0.5) is 0 Å². The van der Waals surface area contributed by atoms with Crippen LogP contribution in [0.15, 0.2) is 30.5 Å². The second-order valence-electron chi connectivity index (χ2n) is 4.68. The van der Waals surface area contributed by atoms with Gasteiger partial charge in [0.25, 0.3) is 0 Å². The lowest BCUT2D eigenvalue weighted by molar-refractivity contribution is 0.101. The second-order valence-corrected chi connectivity index (χ2v) is 5.79. The molecule has 0 aliphatic heterocycles. The van der Waals surface area contributed by atoms with Crippen LogP contribution in [0.5, 0.6) is 5.75 Å². The molecule has 2 aromatic rings. The summed E-state index contributed by atoms with van der Waals surface area (Å²) in [4.78, 5) is 11.7. The minimum absolute atomic E-state index is 0.00119. The molecule has 5 nitrogen and oxygen atoms in total. The van der Waals surface area contributed by atoms with Crippen LogP contribution >= 0.6 is 15.9 Å². The number of ether oxygens (including phenoxy) is 1. The minimum Gasteiger partial charge on any atom is -0.491 e. The van der Waals surface area contributed by atoms with Crippen molar-refractivity contribution < 1.29 is 9.53 Å². The molecule has 0 amide bonds. The Labute approximate surface area is 132 Å². The molecule has 21 heavy (non-hydrogen) atoms. The Hall–Kier alpha value is -1.69. The third-order valence-electron chi connectivity index (χ3n) is 3.08. The number of aromatic nitrogens is 3. The normalized spacial score (nSPS) is 12.1. The number of benzene rings is 1. The molecule has 0 aliphatic carbocycles. The van der Waals surface area contributed by atoms with E-state index in [1.807, 2.05) is 18.3 Å². The highest BCUT2D eigenvalue weighted by atomic mass is 79.9. The van der Waals surface area contributed by atoms with Crippen molar-refractivity contribution in [1.29, 1.82) is 0 Å². The molecule has 112 valence electrons. The maximum atomic E-state index is 11.5. The molecular weight excluding hydrogens is 334 g/mol. The lowest BCUT2D eigenvalue weighted by Gasteiger charge is -2.09. The van der Waals surface area contributed by atoms with E-state index >= 15 is 0 Å². The zero-order valence-electron chi connectivity index (χ0n) is 12.1. The van der Waals surface area contributed by atoms with Crippen molar-refractivity contribution in [3.8, 4) is 5.75 Å². The Morgan fingerprint density at radius 3 is 2.90 bits per heavy atom. The van der Waals surface area contributed by atoms with Gasteiger partial charge in [-0.25, -0.2) is 4.68 Å². The first-order valence-electron chi connectivity index (χ1n) is 6.88. The summed E-state index contributed by atoms with van der Waals surface area (Å²) in [6.45, 7) is 4.64. The SMILES string of the molecule is CCC(Br)c1cn(CCOc2ccccc2C(C)=O)nn1.